The van der Waals surface area contributed by atoms with Gasteiger partial charge in [-0.1, -0.05) is 17.7 Å². The van der Waals surface area contributed by atoms with Crippen LogP contribution in [0.2, 0.25) is 5.02 Å². The largest absolute Gasteiger partial charge is 0.340 e. The van der Waals surface area contributed by atoms with Crippen molar-refractivity contribution >= 4 is 29.1 Å². The van der Waals surface area contributed by atoms with Crippen molar-refractivity contribution in [3.63, 3.8) is 0 Å². The van der Waals surface area contributed by atoms with E-state index in [-0.39, 0.29) is 50.7 Å². The van der Waals surface area contributed by atoms with E-state index >= 15 is 0 Å². The van der Waals surface area contributed by atoms with Crippen LogP contribution >= 0.6 is 11.6 Å². The zero-order chi connectivity index (χ0) is 18.4. The summed E-state index contributed by atoms with van der Waals surface area (Å²) in [5.74, 6) is -0.775. The molecule has 1 aromatic rings. The van der Waals surface area contributed by atoms with Gasteiger partial charge in [-0.15, -0.1) is 0 Å². The Labute approximate surface area is 152 Å². The Morgan fingerprint density at radius 3 is 2.52 bits per heavy atom. The molecule has 0 aromatic heterocycles. The maximum atomic E-state index is 12.7. The number of nitriles is 2. The van der Waals surface area contributed by atoms with Crippen LogP contribution in [0.4, 0.5) is 5.69 Å². The summed E-state index contributed by atoms with van der Waals surface area (Å²) >= 11 is 6.13. The van der Waals surface area contributed by atoms with E-state index in [9.17, 15) is 9.59 Å². The van der Waals surface area contributed by atoms with E-state index in [0.29, 0.717) is 10.7 Å². The lowest BCUT2D eigenvalue weighted by Crippen LogP contribution is -2.38. The number of amides is 2. The molecule has 1 aromatic carbocycles. The maximum Gasteiger partial charge on any atom is 0.228 e. The Balaban J connectivity index is 2.11. The van der Waals surface area contributed by atoms with Crippen LogP contribution in [0.5, 0.6) is 0 Å². The summed E-state index contributed by atoms with van der Waals surface area (Å²) in [4.78, 5) is 28.1. The maximum absolute atomic E-state index is 12.7. The molecule has 0 N–H and O–H groups in total. The number of hydrogen-bond donors (Lipinski definition) is 0. The third-order valence-electron chi connectivity index (χ3n) is 4.24. The van der Waals surface area contributed by atoms with Gasteiger partial charge >= 0.3 is 0 Å². The highest BCUT2D eigenvalue weighted by atomic mass is 35.5. The number of halogens is 1. The average Bonchev–Trinajstić information content (AvgIpc) is 2.99. The van der Waals surface area contributed by atoms with E-state index in [1.165, 1.54) is 4.90 Å². The number of carbonyl (C=O) groups excluding carboxylic acids is 2. The first-order valence-electron chi connectivity index (χ1n) is 8.07. The van der Waals surface area contributed by atoms with Gasteiger partial charge in [0.05, 0.1) is 30.9 Å². The first kappa shape index (κ1) is 18.8. The second-order valence-corrected chi connectivity index (χ2v) is 6.39. The Morgan fingerprint density at radius 1 is 1.32 bits per heavy atom. The van der Waals surface area contributed by atoms with Gasteiger partial charge in [-0.25, -0.2) is 0 Å². The van der Waals surface area contributed by atoms with Crippen molar-refractivity contribution in [2.75, 3.05) is 24.5 Å². The van der Waals surface area contributed by atoms with Crippen molar-refractivity contribution in [1.29, 1.82) is 10.5 Å². The van der Waals surface area contributed by atoms with Gasteiger partial charge in [0.15, 0.2) is 0 Å². The van der Waals surface area contributed by atoms with E-state index < -0.39 is 5.92 Å². The van der Waals surface area contributed by atoms with Crippen LogP contribution in [0.25, 0.3) is 0 Å². The number of hydrogen-bond acceptors (Lipinski definition) is 4. The molecule has 7 heteroatoms. The molecule has 2 amide bonds. The lowest BCUT2D eigenvalue weighted by atomic mass is 10.1. The topological polar surface area (TPSA) is 88.2 Å². The quantitative estimate of drug-likeness (QED) is 0.782. The summed E-state index contributed by atoms with van der Waals surface area (Å²) in [6, 6.07) is 9.39. The summed E-state index contributed by atoms with van der Waals surface area (Å²) in [7, 11) is 0. The normalized spacial score (nSPS) is 16.4. The minimum absolute atomic E-state index is 0.125. The molecule has 1 atom stereocenters. The minimum Gasteiger partial charge on any atom is -0.340 e. The Morgan fingerprint density at radius 2 is 1.96 bits per heavy atom. The number of carbonyl (C=O) groups is 2. The fourth-order valence-electron chi connectivity index (χ4n) is 2.83. The van der Waals surface area contributed by atoms with Crippen LogP contribution in [-0.2, 0) is 9.59 Å². The van der Waals surface area contributed by atoms with Crippen molar-refractivity contribution in [3.8, 4) is 12.1 Å². The lowest BCUT2D eigenvalue weighted by Gasteiger charge is -2.24. The highest BCUT2D eigenvalue weighted by Gasteiger charge is 2.37. The zero-order valence-corrected chi connectivity index (χ0v) is 14.8. The first-order valence-corrected chi connectivity index (χ1v) is 8.45. The molecule has 130 valence electrons. The molecule has 1 aliphatic heterocycles. The van der Waals surface area contributed by atoms with Crippen molar-refractivity contribution in [2.45, 2.75) is 26.2 Å². The highest BCUT2D eigenvalue weighted by molar-refractivity contribution is 6.31. The molecule has 1 fully saturated rings. The molecule has 25 heavy (non-hydrogen) atoms. The van der Waals surface area contributed by atoms with Gasteiger partial charge in [0.25, 0.3) is 0 Å². The molecule has 1 saturated heterocycles. The minimum atomic E-state index is -0.468. The molecule has 0 spiro atoms. The van der Waals surface area contributed by atoms with Crippen LogP contribution in [0, 0.1) is 35.5 Å². The van der Waals surface area contributed by atoms with Crippen LogP contribution in [0.3, 0.4) is 0 Å². The van der Waals surface area contributed by atoms with Gasteiger partial charge in [0.2, 0.25) is 11.8 Å². The second kappa shape index (κ2) is 8.50. The van der Waals surface area contributed by atoms with Gasteiger partial charge in [-0.3, -0.25) is 9.59 Å². The number of anilines is 1. The van der Waals surface area contributed by atoms with E-state index in [1.54, 1.807) is 11.0 Å². The number of aryl methyl sites for hydroxylation is 1. The summed E-state index contributed by atoms with van der Waals surface area (Å²) in [6.07, 6.45) is 0.532. The van der Waals surface area contributed by atoms with E-state index in [0.717, 1.165) is 5.56 Å². The van der Waals surface area contributed by atoms with Gasteiger partial charge in [0, 0.05) is 36.8 Å². The number of nitrogens with zero attached hydrogens (tertiary/aromatic N) is 4. The third-order valence-corrected chi connectivity index (χ3v) is 4.65. The fourth-order valence-corrected chi connectivity index (χ4v) is 3.01. The molecule has 0 saturated carbocycles. The summed E-state index contributed by atoms with van der Waals surface area (Å²) in [5, 5.41) is 18.1. The van der Waals surface area contributed by atoms with Crippen LogP contribution < -0.4 is 4.90 Å². The molecule has 1 heterocycles. The predicted octanol–water partition coefficient (Wildman–Crippen LogP) is 2.66. The Bertz CT molecular complexity index is 732. The van der Waals surface area contributed by atoms with E-state index in [2.05, 4.69) is 0 Å². The monoisotopic (exact) mass is 358 g/mol. The molecular weight excluding hydrogens is 340 g/mol. The third kappa shape index (κ3) is 4.49. The van der Waals surface area contributed by atoms with E-state index in [4.69, 9.17) is 22.1 Å². The average molecular weight is 359 g/mol. The van der Waals surface area contributed by atoms with Crippen molar-refractivity contribution < 1.29 is 9.59 Å². The summed E-state index contributed by atoms with van der Waals surface area (Å²) in [5.41, 5.74) is 1.60. The second-order valence-electron chi connectivity index (χ2n) is 5.98. The van der Waals surface area contributed by atoms with Gasteiger partial charge in [-0.2, -0.15) is 10.5 Å². The zero-order valence-electron chi connectivity index (χ0n) is 14.0. The molecule has 0 bridgehead atoms. The Kier molecular flexibility index (Phi) is 6.38. The predicted molar refractivity (Wildman–Crippen MR) is 93.7 cm³/mol. The van der Waals surface area contributed by atoms with Crippen molar-refractivity contribution in [1.82, 2.24) is 4.90 Å². The highest BCUT2D eigenvalue weighted by Crippen LogP contribution is 2.29. The standard InChI is InChI=1S/C18H19ClN4O2/c1-13-4-5-15(11-16(13)19)23-12-14(10-17(23)24)18(25)22(8-2-6-20)9-3-7-21/h4-5,11,14H,2-3,8-10,12H2,1H3/t14-/m1/s1. The first-order chi connectivity index (χ1) is 12.0. The molecule has 0 radical (unpaired) electrons. The van der Waals surface area contributed by atoms with Crippen LogP contribution in [0.15, 0.2) is 18.2 Å². The van der Waals surface area contributed by atoms with Gasteiger partial charge < -0.3 is 9.80 Å². The van der Waals surface area contributed by atoms with Crippen LogP contribution in [0.1, 0.15) is 24.8 Å². The molecule has 6 nitrogen and oxygen atoms in total. The summed E-state index contributed by atoms with van der Waals surface area (Å²) < 4.78 is 0. The molecular formula is C18H19ClN4O2. The molecule has 0 unspecified atom stereocenters. The van der Waals surface area contributed by atoms with Gasteiger partial charge in [0.1, 0.15) is 0 Å². The lowest BCUT2D eigenvalue weighted by molar-refractivity contribution is -0.135. The number of benzene rings is 1. The molecule has 1 aliphatic rings. The molecule has 0 aliphatic carbocycles. The van der Waals surface area contributed by atoms with E-state index in [1.807, 2.05) is 31.2 Å². The summed E-state index contributed by atoms with van der Waals surface area (Å²) in [6.45, 7) is 2.72. The van der Waals surface area contributed by atoms with Gasteiger partial charge in [-0.05, 0) is 24.6 Å². The van der Waals surface area contributed by atoms with Crippen molar-refractivity contribution in [2.24, 2.45) is 5.92 Å². The SMILES string of the molecule is Cc1ccc(N2C[C@H](C(=O)N(CCC#N)CCC#N)CC2=O)cc1Cl. The molecule has 2 rings (SSSR count). The Hall–Kier alpha value is -2.57. The van der Waals surface area contributed by atoms with Crippen LogP contribution in [-0.4, -0.2) is 36.3 Å². The smallest absolute Gasteiger partial charge is 0.228 e. The fraction of sp³-hybridized carbons (Fsp3) is 0.444. The number of rotatable bonds is 6. The van der Waals surface area contributed by atoms with Crippen molar-refractivity contribution in [3.05, 3.63) is 28.8 Å².